The number of imidazole rings is 1. The Kier molecular flexibility index (Phi) is 2.91. The number of rotatable bonds is 3. The SMILES string of the molecule is Cn1ccnc1Cc1cc(C(=O)O)ccc1F. The van der Waals surface area contributed by atoms with Crippen LogP contribution in [0, 0.1) is 5.82 Å². The van der Waals surface area contributed by atoms with Crippen molar-refractivity contribution in [2.75, 3.05) is 0 Å². The fourth-order valence-corrected chi connectivity index (χ4v) is 1.58. The molecule has 0 radical (unpaired) electrons. The van der Waals surface area contributed by atoms with Crippen molar-refractivity contribution in [3.05, 3.63) is 53.4 Å². The molecule has 0 aliphatic carbocycles. The van der Waals surface area contributed by atoms with Crippen LogP contribution in [-0.2, 0) is 13.5 Å². The number of aromatic carboxylic acids is 1. The highest BCUT2D eigenvalue weighted by Crippen LogP contribution is 2.14. The van der Waals surface area contributed by atoms with Gasteiger partial charge in [-0.25, -0.2) is 14.2 Å². The first-order valence-electron chi connectivity index (χ1n) is 5.06. The third-order valence-electron chi connectivity index (χ3n) is 2.56. The first-order valence-corrected chi connectivity index (χ1v) is 5.06. The Morgan fingerprint density at radius 1 is 1.53 bits per heavy atom. The molecule has 0 amide bonds. The number of aryl methyl sites for hydroxylation is 1. The van der Waals surface area contributed by atoms with Crippen LogP contribution in [0.4, 0.5) is 4.39 Å². The molecule has 0 aliphatic rings. The van der Waals surface area contributed by atoms with Gasteiger partial charge >= 0.3 is 5.97 Å². The molecule has 1 heterocycles. The molecule has 0 saturated heterocycles. The van der Waals surface area contributed by atoms with Crippen LogP contribution in [0.5, 0.6) is 0 Å². The zero-order valence-corrected chi connectivity index (χ0v) is 9.22. The molecule has 17 heavy (non-hydrogen) atoms. The van der Waals surface area contributed by atoms with E-state index in [1.807, 2.05) is 0 Å². The standard InChI is InChI=1S/C12H11FN2O2/c1-15-5-4-14-11(15)7-9-6-8(12(16)17)2-3-10(9)13/h2-6H,7H2,1H3,(H,16,17). The van der Waals surface area contributed by atoms with E-state index in [4.69, 9.17) is 5.11 Å². The largest absolute Gasteiger partial charge is 0.478 e. The average Bonchev–Trinajstić information content (AvgIpc) is 2.67. The highest BCUT2D eigenvalue weighted by atomic mass is 19.1. The Balaban J connectivity index is 2.35. The number of hydrogen-bond acceptors (Lipinski definition) is 2. The zero-order valence-electron chi connectivity index (χ0n) is 9.22. The molecule has 1 aromatic carbocycles. The summed E-state index contributed by atoms with van der Waals surface area (Å²) in [7, 11) is 1.81. The maximum Gasteiger partial charge on any atom is 0.335 e. The van der Waals surface area contributed by atoms with E-state index in [0.29, 0.717) is 11.4 Å². The van der Waals surface area contributed by atoms with Gasteiger partial charge < -0.3 is 9.67 Å². The van der Waals surface area contributed by atoms with Gasteiger partial charge in [0.2, 0.25) is 0 Å². The number of carboxylic acid groups (broad SMARTS) is 1. The molecule has 5 heteroatoms. The number of carboxylic acids is 1. The van der Waals surface area contributed by atoms with Crippen molar-refractivity contribution in [2.45, 2.75) is 6.42 Å². The first-order chi connectivity index (χ1) is 8.08. The molecule has 0 bridgehead atoms. The van der Waals surface area contributed by atoms with Gasteiger partial charge in [-0.15, -0.1) is 0 Å². The number of benzene rings is 1. The van der Waals surface area contributed by atoms with E-state index in [1.165, 1.54) is 18.2 Å². The lowest BCUT2D eigenvalue weighted by Gasteiger charge is -2.05. The highest BCUT2D eigenvalue weighted by Gasteiger charge is 2.10. The summed E-state index contributed by atoms with van der Waals surface area (Å²) in [5, 5.41) is 8.84. The molecule has 0 aliphatic heterocycles. The maximum atomic E-state index is 13.5. The van der Waals surface area contributed by atoms with Gasteiger partial charge in [-0.2, -0.15) is 0 Å². The second-order valence-electron chi connectivity index (χ2n) is 3.74. The Labute approximate surface area is 97.3 Å². The normalized spacial score (nSPS) is 10.5. The third kappa shape index (κ3) is 2.33. The van der Waals surface area contributed by atoms with Crippen molar-refractivity contribution in [3.8, 4) is 0 Å². The van der Waals surface area contributed by atoms with Crippen LogP contribution < -0.4 is 0 Å². The molecule has 88 valence electrons. The van der Waals surface area contributed by atoms with Crippen LogP contribution in [0.15, 0.2) is 30.6 Å². The van der Waals surface area contributed by atoms with E-state index in [2.05, 4.69) is 4.98 Å². The van der Waals surface area contributed by atoms with Gasteiger partial charge in [0.1, 0.15) is 11.6 Å². The van der Waals surface area contributed by atoms with Crippen LogP contribution in [0.2, 0.25) is 0 Å². The number of hydrogen-bond donors (Lipinski definition) is 1. The van der Waals surface area contributed by atoms with Crippen molar-refractivity contribution in [1.82, 2.24) is 9.55 Å². The maximum absolute atomic E-state index is 13.5. The molecule has 2 aromatic rings. The lowest BCUT2D eigenvalue weighted by Crippen LogP contribution is -2.03. The molecule has 0 unspecified atom stereocenters. The molecule has 4 nitrogen and oxygen atoms in total. The fraction of sp³-hybridized carbons (Fsp3) is 0.167. The first kappa shape index (κ1) is 11.3. The molecule has 0 saturated carbocycles. The number of halogens is 1. The number of aromatic nitrogens is 2. The lowest BCUT2D eigenvalue weighted by atomic mass is 10.1. The minimum absolute atomic E-state index is 0.0793. The van der Waals surface area contributed by atoms with Crippen LogP contribution >= 0.6 is 0 Å². The van der Waals surface area contributed by atoms with Gasteiger partial charge in [0.05, 0.1) is 5.56 Å². The van der Waals surface area contributed by atoms with Gasteiger partial charge in [-0.3, -0.25) is 0 Å². The van der Waals surface area contributed by atoms with Crippen molar-refractivity contribution in [1.29, 1.82) is 0 Å². The quantitative estimate of drug-likeness (QED) is 0.881. The Bertz CT molecular complexity index is 563. The van der Waals surface area contributed by atoms with Crippen molar-refractivity contribution in [3.63, 3.8) is 0 Å². The highest BCUT2D eigenvalue weighted by molar-refractivity contribution is 5.87. The minimum atomic E-state index is -1.06. The monoisotopic (exact) mass is 234 g/mol. The zero-order chi connectivity index (χ0) is 12.4. The van der Waals surface area contributed by atoms with E-state index < -0.39 is 11.8 Å². The number of carbonyl (C=O) groups is 1. The topological polar surface area (TPSA) is 55.1 Å². The summed E-state index contributed by atoms with van der Waals surface area (Å²) in [6.07, 6.45) is 3.65. The van der Waals surface area contributed by atoms with E-state index in [9.17, 15) is 9.18 Å². The summed E-state index contributed by atoms with van der Waals surface area (Å²) < 4.78 is 15.3. The van der Waals surface area contributed by atoms with Gasteiger partial charge in [-0.1, -0.05) is 0 Å². The van der Waals surface area contributed by atoms with Crippen molar-refractivity contribution >= 4 is 5.97 Å². The predicted octanol–water partition coefficient (Wildman–Crippen LogP) is 1.85. The van der Waals surface area contributed by atoms with Gasteiger partial charge in [0.15, 0.2) is 0 Å². The molecular formula is C12H11FN2O2. The van der Waals surface area contributed by atoms with Gasteiger partial charge in [-0.05, 0) is 23.8 Å². The summed E-state index contributed by atoms with van der Waals surface area (Å²) in [6.45, 7) is 0. The molecule has 0 atom stereocenters. The summed E-state index contributed by atoms with van der Waals surface area (Å²) in [4.78, 5) is 14.9. The van der Waals surface area contributed by atoms with E-state index in [1.54, 1.807) is 24.0 Å². The fourth-order valence-electron chi connectivity index (χ4n) is 1.58. The molecular weight excluding hydrogens is 223 g/mol. The summed E-state index contributed by atoms with van der Waals surface area (Å²) in [6, 6.07) is 3.76. The average molecular weight is 234 g/mol. The summed E-state index contributed by atoms with van der Waals surface area (Å²) in [5.41, 5.74) is 0.412. The molecule has 0 spiro atoms. The smallest absolute Gasteiger partial charge is 0.335 e. The predicted molar refractivity (Wildman–Crippen MR) is 59.4 cm³/mol. The molecule has 0 fully saturated rings. The van der Waals surface area contributed by atoms with E-state index in [0.717, 1.165) is 0 Å². The van der Waals surface area contributed by atoms with Crippen molar-refractivity contribution in [2.24, 2.45) is 7.05 Å². The second kappa shape index (κ2) is 4.37. The lowest BCUT2D eigenvalue weighted by molar-refractivity contribution is 0.0696. The van der Waals surface area contributed by atoms with E-state index in [-0.39, 0.29) is 12.0 Å². The molecule has 1 N–H and O–H groups in total. The summed E-state index contributed by atoms with van der Waals surface area (Å²) >= 11 is 0. The summed E-state index contributed by atoms with van der Waals surface area (Å²) in [5.74, 6) is -0.796. The Hall–Kier alpha value is -2.17. The second-order valence-corrected chi connectivity index (χ2v) is 3.74. The third-order valence-corrected chi connectivity index (χ3v) is 2.56. The van der Waals surface area contributed by atoms with Crippen LogP contribution in [0.3, 0.4) is 0 Å². The van der Waals surface area contributed by atoms with Crippen molar-refractivity contribution < 1.29 is 14.3 Å². The minimum Gasteiger partial charge on any atom is -0.478 e. The van der Waals surface area contributed by atoms with E-state index >= 15 is 0 Å². The van der Waals surface area contributed by atoms with Crippen LogP contribution in [0.1, 0.15) is 21.7 Å². The number of nitrogens with zero attached hydrogens (tertiary/aromatic N) is 2. The van der Waals surface area contributed by atoms with Gasteiger partial charge in [0.25, 0.3) is 0 Å². The van der Waals surface area contributed by atoms with Crippen LogP contribution in [0.25, 0.3) is 0 Å². The van der Waals surface area contributed by atoms with Gasteiger partial charge in [0, 0.05) is 25.9 Å². The Morgan fingerprint density at radius 3 is 2.88 bits per heavy atom. The molecule has 2 rings (SSSR count). The van der Waals surface area contributed by atoms with Crippen LogP contribution in [-0.4, -0.2) is 20.6 Å². The molecule has 1 aromatic heterocycles. The Morgan fingerprint density at radius 2 is 2.29 bits per heavy atom.